The summed E-state index contributed by atoms with van der Waals surface area (Å²) < 4.78 is 14.3. The Morgan fingerprint density at radius 2 is 2.00 bits per heavy atom. The van der Waals surface area contributed by atoms with E-state index in [1.54, 1.807) is 4.90 Å². The predicted molar refractivity (Wildman–Crippen MR) is 113 cm³/mol. The lowest BCUT2D eigenvalue weighted by molar-refractivity contribution is -0.122. The Morgan fingerprint density at radius 3 is 2.74 bits per heavy atom. The second-order valence-corrected chi connectivity index (χ2v) is 8.04. The van der Waals surface area contributed by atoms with Gasteiger partial charge in [0.05, 0.1) is 5.57 Å². The molecular weight excluding hydrogens is 395 g/mol. The lowest BCUT2D eigenvalue weighted by Crippen LogP contribution is -2.50. The van der Waals surface area contributed by atoms with E-state index in [0.717, 1.165) is 5.56 Å². The minimum Gasteiger partial charge on any atom is -0.384 e. The van der Waals surface area contributed by atoms with Gasteiger partial charge >= 0.3 is 0 Å². The van der Waals surface area contributed by atoms with Crippen LogP contribution in [-0.4, -0.2) is 11.7 Å². The van der Waals surface area contributed by atoms with Gasteiger partial charge in [0.2, 0.25) is 5.91 Å². The van der Waals surface area contributed by atoms with Gasteiger partial charge in [0.1, 0.15) is 23.1 Å². The number of rotatable bonds is 1. The third-order valence-corrected chi connectivity index (χ3v) is 6.25. The summed E-state index contributed by atoms with van der Waals surface area (Å²) >= 11 is 0. The van der Waals surface area contributed by atoms with Crippen LogP contribution in [0.2, 0.25) is 0 Å². The third-order valence-electron chi connectivity index (χ3n) is 6.25. The molecule has 154 valence electrons. The lowest BCUT2D eigenvalue weighted by Gasteiger charge is -2.43. The first-order valence-electron chi connectivity index (χ1n) is 10.0. The maximum Gasteiger partial charge on any atom is 0.245 e. The Balaban J connectivity index is 1.90. The van der Waals surface area contributed by atoms with Crippen molar-refractivity contribution in [3.05, 3.63) is 82.1 Å². The van der Waals surface area contributed by atoms with Crippen LogP contribution in [0, 0.1) is 24.1 Å². The van der Waals surface area contributed by atoms with Crippen LogP contribution in [0.1, 0.15) is 30.4 Å². The summed E-state index contributed by atoms with van der Waals surface area (Å²) in [6, 6.07) is 13.5. The number of anilines is 2. The molecule has 3 aliphatic rings. The first-order chi connectivity index (χ1) is 14.9. The van der Waals surface area contributed by atoms with Crippen molar-refractivity contribution in [3.63, 3.8) is 0 Å². The average Bonchev–Trinajstić information content (AvgIpc) is 3.00. The Kier molecular flexibility index (Phi) is 4.02. The molecule has 0 radical (unpaired) electrons. The van der Waals surface area contributed by atoms with Gasteiger partial charge in [0.25, 0.3) is 0 Å². The number of nitrogens with zero attached hydrogens (tertiary/aromatic N) is 2. The number of Topliss-reactive ketones (excluding diaryl/α,β-unsaturated/α-hetero) is 1. The van der Waals surface area contributed by atoms with Gasteiger partial charge in [-0.3, -0.25) is 14.5 Å². The van der Waals surface area contributed by atoms with E-state index < -0.39 is 17.1 Å². The molecule has 0 aromatic heterocycles. The molecule has 1 spiro atoms. The molecular formula is C24H19FN4O2. The fraction of sp³-hybridized carbons (Fsp3) is 0.208. The highest BCUT2D eigenvalue weighted by Crippen LogP contribution is 2.55. The van der Waals surface area contributed by atoms with Crippen LogP contribution in [-0.2, 0) is 15.0 Å². The zero-order valence-electron chi connectivity index (χ0n) is 16.8. The van der Waals surface area contributed by atoms with Crippen molar-refractivity contribution in [1.29, 1.82) is 5.26 Å². The number of hydrogen-bond donors (Lipinski definition) is 2. The monoisotopic (exact) mass is 414 g/mol. The minimum atomic E-state index is -1.75. The van der Waals surface area contributed by atoms with Gasteiger partial charge in [-0.1, -0.05) is 12.1 Å². The zero-order chi connectivity index (χ0) is 21.9. The second-order valence-electron chi connectivity index (χ2n) is 8.04. The Bertz CT molecular complexity index is 1290. The molecule has 7 heteroatoms. The fourth-order valence-electron chi connectivity index (χ4n) is 5.02. The molecule has 2 aliphatic heterocycles. The summed E-state index contributed by atoms with van der Waals surface area (Å²) in [5, 5.41) is 12.9. The molecule has 0 fully saturated rings. The first kappa shape index (κ1) is 19.1. The van der Waals surface area contributed by atoms with Crippen molar-refractivity contribution in [3.8, 4) is 6.07 Å². The summed E-state index contributed by atoms with van der Waals surface area (Å²) in [6.45, 7) is 1.94. The highest BCUT2D eigenvalue weighted by Gasteiger charge is 2.60. The van der Waals surface area contributed by atoms with E-state index in [4.69, 9.17) is 5.73 Å². The Morgan fingerprint density at radius 1 is 1.19 bits per heavy atom. The number of nitrogens with two attached hydrogens (primary N) is 1. The number of halogens is 1. The quantitative estimate of drug-likeness (QED) is 0.744. The van der Waals surface area contributed by atoms with E-state index in [2.05, 4.69) is 11.4 Å². The molecule has 1 unspecified atom stereocenters. The van der Waals surface area contributed by atoms with Gasteiger partial charge in [-0.25, -0.2) is 4.39 Å². The minimum absolute atomic E-state index is 0.0649. The highest BCUT2D eigenvalue weighted by molar-refractivity contribution is 6.19. The van der Waals surface area contributed by atoms with Crippen LogP contribution >= 0.6 is 0 Å². The summed E-state index contributed by atoms with van der Waals surface area (Å²) in [5.41, 5.74) is 7.86. The van der Waals surface area contributed by atoms with Gasteiger partial charge in [-0.15, -0.1) is 0 Å². The smallest absolute Gasteiger partial charge is 0.245 e. The van der Waals surface area contributed by atoms with E-state index >= 15 is 0 Å². The van der Waals surface area contributed by atoms with Crippen molar-refractivity contribution < 1.29 is 14.0 Å². The molecule has 31 heavy (non-hydrogen) atoms. The van der Waals surface area contributed by atoms with Crippen molar-refractivity contribution in [2.75, 3.05) is 10.2 Å². The van der Waals surface area contributed by atoms with Gasteiger partial charge < -0.3 is 11.1 Å². The maximum atomic E-state index is 14.3. The summed E-state index contributed by atoms with van der Waals surface area (Å²) in [7, 11) is 0. The largest absolute Gasteiger partial charge is 0.384 e. The standard InChI is InChI=1S/C24H19FN4O2/c1-13-4-2-5-15(10-13)29-19-6-3-7-20(30)21(19)24(17(12-26)22(29)27)16-11-14(25)8-9-18(16)28-23(24)31/h2,4-5,8-11H,3,6-7,27H2,1H3,(H,28,31). The van der Waals surface area contributed by atoms with Crippen LogP contribution in [0.3, 0.4) is 0 Å². The second kappa shape index (κ2) is 6.54. The topological polar surface area (TPSA) is 99.2 Å². The summed E-state index contributed by atoms with van der Waals surface area (Å²) in [4.78, 5) is 28.5. The molecule has 5 rings (SSSR count). The van der Waals surface area contributed by atoms with E-state index in [1.165, 1.54) is 18.2 Å². The Labute approximate surface area is 178 Å². The molecule has 1 atom stereocenters. The molecule has 0 bridgehead atoms. The van der Waals surface area contributed by atoms with Gasteiger partial charge in [0, 0.05) is 34.6 Å². The van der Waals surface area contributed by atoms with Crippen molar-refractivity contribution in [2.24, 2.45) is 5.73 Å². The molecule has 1 amide bonds. The van der Waals surface area contributed by atoms with E-state index in [9.17, 15) is 19.2 Å². The van der Waals surface area contributed by atoms with E-state index in [1.807, 2.05) is 31.2 Å². The third kappa shape index (κ3) is 2.42. The molecule has 3 N–H and O–H groups in total. The maximum absolute atomic E-state index is 14.3. The lowest BCUT2D eigenvalue weighted by atomic mass is 9.64. The van der Waals surface area contributed by atoms with Crippen LogP contribution in [0.15, 0.2) is 65.1 Å². The zero-order valence-corrected chi connectivity index (χ0v) is 16.8. The van der Waals surface area contributed by atoms with Crippen LogP contribution < -0.4 is 16.0 Å². The first-order valence-corrected chi connectivity index (χ1v) is 10.0. The van der Waals surface area contributed by atoms with Crippen molar-refractivity contribution in [2.45, 2.75) is 31.6 Å². The molecule has 6 nitrogen and oxygen atoms in total. The predicted octanol–water partition coefficient (Wildman–Crippen LogP) is 3.55. The van der Waals surface area contributed by atoms with Gasteiger partial charge in [-0.2, -0.15) is 5.26 Å². The number of allylic oxidation sites excluding steroid dienone is 1. The average molecular weight is 414 g/mol. The number of carbonyl (C=O) groups is 2. The number of amides is 1. The molecule has 2 aromatic carbocycles. The molecule has 0 saturated carbocycles. The summed E-state index contributed by atoms with van der Waals surface area (Å²) in [6.07, 6.45) is 1.36. The molecule has 1 aliphatic carbocycles. The number of carbonyl (C=O) groups excluding carboxylic acids is 2. The number of nitriles is 1. The van der Waals surface area contributed by atoms with Crippen molar-refractivity contribution >= 4 is 23.1 Å². The number of aryl methyl sites for hydroxylation is 1. The van der Waals surface area contributed by atoms with Gasteiger partial charge in [0.15, 0.2) is 5.78 Å². The molecule has 2 aromatic rings. The SMILES string of the molecule is Cc1cccc(N2C(N)=C(C#N)C3(C(=O)Nc4ccc(F)cc43)C3=C2CCCC3=O)c1. The number of nitrogens with one attached hydrogen (secondary N) is 1. The van der Waals surface area contributed by atoms with E-state index in [0.29, 0.717) is 29.9 Å². The number of ketones is 1. The van der Waals surface area contributed by atoms with Crippen LogP contribution in [0.25, 0.3) is 0 Å². The van der Waals surface area contributed by atoms with E-state index in [-0.39, 0.29) is 34.7 Å². The fourth-order valence-corrected chi connectivity index (χ4v) is 5.02. The highest BCUT2D eigenvalue weighted by atomic mass is 19.1. The molecule has 2 heterocycles. The number of benzene rings is 2. The van der Waals surface area contributed by atoms with Crippen LogP contribution in [0.5, 0.6) is 0 Å². The normalized spacial score (nSPS) is 22.4. The van der Waals surface area contributed by atoms with Crippen LogP contribution in [0.4, 0.5) is 15.8 Å². The summed E-state index contributed by atoms with van der Waals surface area (Å²) in [5.74, 6) is -1.27. The number of hydrogen-bond acceptors (Lipinski definition) is 5. The Hall–Kier alpha value is -3.92. The number of fused-ring (bicyclic) bond motifs is 3. The van der Waals surface area contributed by atoms with Gasteiger partial charge in [-0.05, 0) is 55.7 Å². The van der Waals surface area contributed by atoms with Crippen molar-refractivity contribution in [1.82, 2.24) is 0 Å². The molecule has 0 saturated heterocycles.